The van der Waals surface area contributed by atoms with Crippen molar-refractivity contribution in [1.29, 1.82) is 0 Å². The fourth-order valence-electron chi connectivity index (χ4n) is 4.14. The first-order valence-corrected chi connectivity index (χ1v) is 10.0. The molecular formula is C21H30N2O4. The van der Waals surface area contributed by atoms with Gasteiger partial charge in [0.2, 0.25) is 5.91 Å². The van der Waals surface area contributed by atoms with Gasteiger partial charge in [0.25, 0.3) is 0 Å². The van der Waals surface area contributed by atoms with E-state index in [0.29, 0.717) is 45.6 Å². The minimum absolute atomic E-state index is 0.00808. The smallest absolute Gasteiger partial charge is 0.409 e. The van der Waals surface area contributed by atoms with Gasteiger partial charge in [0.15, 0.2) is 0 Å². The van der Waals surface area contributed by atoms with Gasteiger partial charge in [0.1, 0.15) is 0 Å². The molecule has 6 nitrogen and oxygen atoms in total. The van der Waals surface area contributed by atoms with Crippen LogP contribution in [0.3, 0.4) is 0 Å². The zero-order chi connectivity index (χ0) is 19.2. The molecule has 1 atom stereocenters. The zero-order valence-corrected chi connectivity index (χ0v) is 16.0. The van der Waals surface area contributed by atoms with Gasteiger partial charge in [-0.15, -0.1) is 0 Å². The van der Waals surface area contributed by atoms with Crippen molar-refractivity contribution < 1.29 is 19.4 Å². The van der Waals surface area contributed by atoms with E-state index in [1.807, 2.05) is 35.2 Å². The second kappa shape index (κ2) is 9.22. The summed E-state index contributed by atoms with van der Waals surface area (Å²) in [6.07, 6.45) is 2.30. The van der Waals surface area contributed by atoms with E-state index >= 15 is 0 Å². The van der Waals surface area contributed by atoms with Gasteiger partial charge in [0.05, 0.1) is 12.7 Å². The van der Waals surface area contributed by atoms with Crippen LogP contribution in [0.5, 0.6) is 0 Å². The molecule has 6 heteroatoms. The number of rotatable bonds is 4. The number of piperidine rings is 2. The Morgan fingerprint density at radius 3 is 2.22 bits per heavy atom. The first-order chi connectivity index (χ1) is 13.1. The van der Waals surface area contributed by atoms with E-state index in [1.165, 1.54) is 0 Å². The normalized spacial score (nSPS) is 20.4. The van der Waals surface area contributed by atoms with E-state index in [9.17, 15) is 14.7 Å². The highest BCUT2D eigenvalue weighted by molar-refractivity contribution is 5.79. The summed E-state index contributed by atoms with van der Waals surface area (Å²) < 4.78 is 5.03. The Hall–Kier alpha value is -2.08. The lowest BCUT2D eigenvalue weighted by molar-refractivity contribution is -0.139. The van der Waals surface area contributed by atoms with Crippen molar-refractivity contribution in [3.05, 3.63) is 35.9 Å². The summed E-state index contributed by atoms with van der Waals surface area (Å²) in [7, 11) is 0. The second-order valence-electron chi connectivity index (χ2n) is 7.48. The highest BCUT2D eigenvalue weighted by Crippen LogP contribution is 2.31. The van der Waals surface area contributed by atoms with Crippen molar-refractivity contribution in [1.82, 2.24) is 9.80 Å². The van der Waals surface area contributed by atoms with Crippen LogP contribution in [0, 0.1) is 11.8 Å². The maximum Gasteiger partial charge on any atom is 0.409 e. The van der Waals surface area contributed by atoms with Gasteiger partial charge in [-0.2, -0.15) is 0 Å². The largest absolute Gasteiger partial charge is 0.450 e. The van der Waals surface area contributed by atoms with E-state index in [1.54, 1.807) is 11.8 Å². The minimum Gasteiger partial charge on any atom is -0.450 e. The molecule has 0 saturated carbocycles. The fraction of sp³-hybridized carbons (Fsp3) is 0.619. The van der Waals surface area contributed by atoms with Gasteiger partial charge in [-0.3, -0.25) is 4.79 Å². The summed E-state index contributed by atoms with van der Waals surface area (Å²) in [5, 5.41) is 10.6. The Kier molecular flexibility index (Phi) is 6.72. The molecule has 0 aliphatic carbocycles. The summed E-state index contributed by atoms with van der Waals surface area (Å²) in [6, 6.07) is 9.75. The van der Waals surface area contributed by atoms with Crippen LogP contribution in [-0.4, -0.2) is 59.7 Å². The van der Waals surface area contributed by atoms with Crippen molar-refractivity contribution >= 4 is 12.0 Å². The molecule has 2 aliphatic heterocycles. The quantitative estimate of drug-likeness (QED) is 0.880. The molecule has 1 aromatic carbocycles. The molecule has 2 saturated heterocycles. The van der Waals surface area contributed by atoms with Crippen molar-refractivity contribution in [3.8, 4) is 0 Å². The number of amides is 2. The Morgan fingerprint density at radius 2 is 1.63 bits per heavy atom. The summed E-state index contributed by atoms with van der Waals surface area (Å²) in [4.78, 5) is 28.2. The Bertz CT molecular complexity index is 620. The Balaban J connectivity index is 1.46. The van der Waals surface area contributed by atoms with E-state index < -0.39 is 6.10 Å². The van der Waals surface area contributed by atoms with Crippen LogP contribution >= 0.6 is 0 Å². The number of aliphatic hydroxyl groups excluding tert-OH is 1. The lowest BCUT2D eigenvalue weighted by Gasteiger charge is -2.38. The lowest BCUT2D eigenvalue weighted by atomic mass is 9.86. The molecule has 0 spiro atoms. The number of carbonyl (C=O) groups excluding carboxylic acids is 2. The molecule has 3 rings (SSSR count). The summed E-state index contributed by atoms with van der Waals surface area (Å²) in [6.45, 7) is 4.74. The molecule has 2 heterocycles. The van der Waals surface area contributed by atoms with Crippen LogP contribution in [0.15, 0.2) is 30.3 Å². The Labute approximate surface area is 161 Å². The SMILES string of the molecule is CCOC(=O)N1CCC(C(=O)N2CCC(C(O)c3ccccc3)CC2)CC1. The third-order valence-corrected chi connectivity index (χ3v) is 5.81. The molecule has 0 radical (unpaired) electrons. The van der Waals surface area contributed by atoms with Crippen molar-refractivity contribution in [2.24, 2.45) is 11.8 Å². The number of benzene rings is 1. The number of carbonyl (C=O) groups is 2. The predicted octanol–water partition coefficient (Wildman–Crippen LogP) is 2.83. The highest BCUT2D eigenvalue weighted by Gasteiger charge is 2.33. The molecule has 1 N–H and O–H groups in total. The predicted molar refractivity (Wildman–Crippen MR) is 102 cm³/mol. The first-order valence-electron chi connectivity index (χ1n) is 10.0. The number of ether oxygens (including phenoxy) is 1. The molecule has 2 fully saturated rings. The number of hydrogen-bond donors (Lipinski definition) is 1. The number of likely N-dealkylation sites (tertiary alicyclic amines) is 2. The van der Waals surface area contributed by atoms with Crippen molar-refractivity contribution in [2.45, 2.75) is 38.7 Å². The molecule has 1 aromatic rings. The molecular weight excluding hydrogens is 344 g/mol. The van der Waals surface area contributed by atoms with E-state index in [0.717, 1.165) is 18.4 Å². The van der Waals surface area contributed by atoms with E-state index in [2.05, 4.69) is 0 Å². The number of aliphatic hydroxyl groups is 1. The summed E-state index contributed by atoms with van der Waals surface area (Å²) in [5.74, 6) is 0.388. The average Bonchev–Trinajstić information content (AvgIpc) is 2.74. The van der Waals surface area contributed by atoms with Crippen molar-refractivity contribution in [3.63, 3.8) is 0 Å². The molecule has 0 aromatic heterocycles. The second-order valence-corrected chi connectivity index (χ2v) is 7.48. The maximum atomic E-state index is 12.8. The van der Waals surface area contributed by atoms with Gasteiger partial charge < -0.3 is 19.6 Å². The van der Waals surface area contributed by atoms with E-state index in [-0.39, 0.29) is 23.8 Å². The zero-order valence-electron chi connectivity index (χ0n) is 16.0. The molecule has 27 heavy (non-hydrogen) atoms. The Morgan fingerprint density at radius 1 is 1.04 bits per heavy atom. The number of hydrogen-bond acceptors (Lipinski definition) is 4. The monoisotopic (exact) mass is 374 g/mol. The lowest BCUT2D eigenvalue weighted by Crippen LogP contribution is -2.47. The third-order valence-electron chi connectivity index (χ3n) is 5.81. The average molecular weight is 374 g/mol. The molecule has 0 bridgehead atoms. The summed E-state index contributed by atoms with van der Waals surface area (Å²) in [5.41, 5.74) is 0.952. The van der Waals surface area contributed by atoms with Crippen LogP contribution in [0.2, 0.25) is 0 Å². The number of nitrogens with zero attached hydrogens (tertiary/aromatic N) is 2. The topological polar surface area (TPSA) is 70.1 Å². The van der Waals surface area contributed by atoms with Gasteiger partial charge in [-0.05, 0) is 44.1 Å². The van der Waals surface area contributed by atoms with Crippen LogP contribution in [0.1, 0.15) is 44.3 Å². The third kappa shape index (κ3) is 4.80. The van der Waals surface area contributed by atoms with Gasteiger partial charge in [-0.25, -0.2) is 4.79 Å². The van der Waals surface area contributed by atoms with E-state index in [4.69, 9.17) is 4.74 Å². The van der Waals surface area contributed by atoms with Gasteiger partial charge in [0, 0.05) is 32.1 Å². The molecule has 148 valence electrons. The summed E-state index contributed by atoms with van der Waals surface area (Å²) >= 11 is 0. The highest BCUT2D eigenvalue weighted by atomic mass is 16.6. The van der Waals surface area contributed by atoms with Crippen LogP contribution in [0.25, 0.3) is 0 Å². The molecule has 1 unspecified atom stereocenters. The standard InChI is InChI=1S/C21H30N2O4/c1-2-27-21(26)23-14-10-18(11-15-23)20(25)22-12-8-17(9-13-22)19(24)16-6-4-3-5-7-16/h3-7,17-19,24H,2,8-15H2,1H3. The van der Waals surface area contributed by atoms with Crippen LogP contribution < -0.4 is 0 Å². The van der Waals surface area contributed by atoms with Gasteiger partial charge >= 0.3 is 6.09 Å². The van der Waals surface area contributed by atoms with Crippen LogP contribution in [0.4, 0.5) is 4.79 Å². The maximum absolute atomic E-state index is 12.8. The van der Waals surface area contributed by atoms with Gasteiger partial charge in [-0.1, -0.05) is 30.3 Å². The molecule has 2 aliphatic rings. The minimum atomic E-state index is -0.462. The van der Waals surface area contributed by atoms with Crippen molar-refractivity contribution in [2.75, 3.05) is 32.8 Å². The molecule has 2 amide bonds. The van der Waals surface area contributed by atoms with Crippen LogP contribution in [-0.2, 0) is 9.53 Å². The fourth-order valence-corrected chi connectivity index (χ4v) is 4.14. The first kappa shape index (κ1) is 19.7.